The smallest absolute Gasteiger partial charge is 0.249 e. The van der Waals surface area contributed by atoms with Gasteiger partial charge in [-0.2, -0.15) is 0 Å². The molecule has 0 radical (unpaired) electrons. The van der Waals surface area contributed by atoms with Crippen LogP contribution in [0.4, 0.5) is 0 Å². The van der Waals surface area contributed by atoms with Crippen LogP contribution in [0.15, 0.2) is 31.0 Å². The van der Waals surface area contributed by atoms with Gasteiger partial charge in [-0.05, 0) is 44.2 Å². The molecule has 1 aromatic rings. The lowest BCUT2D eigenvalue weighted by Crippen LogP contribution is -2.34. The molecule has 0 spiro atoms. The molecule has 1 amide bonds. The number of nitrogens with one attached hydrogen (secondary N) is 1. The van der Waals surface area contributed by atoms with E-state index in [0.29, 0.717) is 19.0 Å². The third-order valence-electron chi connectivity index (χ3n) is 3.69. The predicted molar refractivity (Wildman–Crippen MR) is 84.6 cm³/mol. The molecule has 1 N–H and O–H groups in total. The van der Waals surface area contributed by atoms with Crippen LogP contribution < -0.4 is 10.1 Å². The largest absolute Gasteiger partial charge is 0.474 e. The Hall–Kier alpha value is -1.88. The Balaban J connectivity index is 1.82. The minimum atomic E-state index is -0.492. The van der Waals surface area contributed by atoms with Gasteiger partial charge in [-0.3, -0.25) is 4.79 Å². The predicted octanol–water partition coefficient (Wildman–Crippen LogP) is 2.61. The Bertz CT molecular complexity index is 498. The van der Waals surface area contributed by atoms with E-state index in [1.807, 2.05) is 12.1 Å². The van der Waals surface area contributed by atoms with Crippen molar-refractivity contribution in [3.63, 3.8) is 0 Å². The van der Waals surface area contributed by atoms with Gasteiger partial charge >= 0.3 is 0 Å². The van der Waals surface area contributed by atoms with E-state index < -0.39 is 6.10 Å². The normalized spacial score (nSPS) is 16.2. The number of amides is 1. The van der Waals surface area contributed by atoms with Crippen molar-refractivity contribution in [3.8, 4) is 5.88 Å². The number of hydrogen-bond acceptors (Lipinski definition) is 4. The number of hydrogen-bond donors (Lipinski definition) is 1. The first-order valence-corrected chi connectivity index (χ1v) is 7.81. The number of pyridine rings is 1. The van der Waals surface area contributed by atoms with Crippen LogP contribution in [0.2, 0.25) is 0 Å². The molecule has 1 aromatic heterocycles. The molecular weight excluding hydrogens is 280 g/mol. The third kappa shape index (κ3) is 5.15. The molecule has 1 saturated carbocycles. The van der Waals surface area contributed by atoms with Crippen LogP contribution in [0.3, 0.4) is 0 Å². The van der Waals surface area contributed by atoms with Crippen LogP contribution in [-0.2, 0) is 16.1 Å². The molecule has 0 saturated heterocycles. The fourth-order valence-corrected chi connectivity index (χ4v) is 2.42. The third-order valence-corrected chi connectivity index (χ3v) is 3.69. The Kier molecular flexibility index (Phi) is 6.40. The number of carbonyl (C=O) groups is 1. The van der Waals surface area contributed by atoms with Crippen LogP contribution in [0.1, 0.15) is 38.2 Å². The van der Waals surface area contributed by atoms with Crippen LogP contribution in [0.5, 0.6) is 5.88 Å². The Labute approximate surface area is 131 Å². The van der Waals surface area contributed by atoms with Crippen molar-refractivity contribution >= 4 is 5.91 Å². The molecule has 22 heavy (non-hydrogen) atoms. The van der Waals surface area contributed by atoms with Gasteiger partial charge in [0.05, 0.1) is 6.61 Å². The highest BCUT2D eigenvalue weighted by atomic mass is 16.5. The maximum Gasteiger partial charge on any atom is 0.249 e. The molecule has 1 aliphatic carbocycles. The minimum Gasteiger partial charge on any atom is -0.474 e. The molecule has 5 nitrogen and oxygen atoms in total. The molecule has 0 unspecified atom stereocenters. The summed E-state index contributed by atoms with van der Waals surface area (Å²) >= 11 is 0. The number of ether oxygens (including phenoxy) is 2. The highest BCUT2D eigenvalue weighted by molar-refractivity contribution is 5.80. The molecule has 5 heteroatoms. The summed E-state index contributed by atoms with van der Waals surface area (Å²) in [6, 6.07) is 3.75. The van der Waals surface area contributed by atoms with E-state index >= 15 is 0 Å². The minimum absolute atomic E-state index is 0.142. The van der Waals surface area contributed by atoms with Crippen molar-refractivity contribution in [1.82, 2.24) is 10.3 Å². The van der Waals surface area contributed by atoms with Crippen molar-refractivity contribution < 1.29 is 14.3 Å². The van der Waals surface area contributed by atoms with Gasteiger partial charge in [0.25, 0.3) is 0 Å². The Morgan fingerprint density at radius 1 is 1.55 bits per heavy atom. The summed E-state index contributed by atoms with van der Waals surface area (Å²) in [6.45, 7) is 6.08. The molecule has 0 bridgehead atoms. The molecule has 1 atom stereocenters. The zero-order valence-corrected chi connectivity index (χ0v) is 13.1. The van der Waals surface area contributed by atoms with E-state index in [-0.39, 0.29) is 12.0 Å². The second kappa shape index (κ2) is 8.54. The molecule has 0 aromatic carbocycles. The summed E-state index contributed by atoms with van der Waals surface area (Å²) in [4.78, 5) is 16.1. The maximum atomic E-state index is 11.9. The first kappa shape index (κ1) is 16.5. The van der Waals surface area contributed by atoms with Crippen molar-refractivity contribution in [2.45, 2.75) is 51.4 Å². The summed E-state index contributed by atoms with van der Waals surface area (Å²) < 4.78 is 11.2. The second-order valence-corrected chi connectivity index (χ2v) is 5.51. The van der Waals surface area contributed by atoms with Gasteiger partial charge in [0.2, 0.25) is 11.8 Å². The first-order chi connectivity index (χ1) is 10.7. The van der Waals surface area contributed by atoms with E-state index in [1.165, 1.54) is 12.8 Å². The van der Waals surface area contributed by atoms with Gasteiger partial charge in [-0.25, -0.2) is 4.98 Å². The standard InChI is InChI=1S/C17H24N2O3/c1-3-10-21-13(2)17(20)19-12-14-8-9-18-16(11-14)22-15-6-4-5-7-15/h3,8-9,11,13,15H,1,4-7,10,12H2,2H3,(H,19,20)/t13-/m0/s1. The topological polar surface area (TPSA) is 60.5 Å². The first-order valence-electron chi connectivity index (χ1n) is 7.81. The van der Waals surface area contributed by atoms with Gasteiger partial charge in [0, 0.05) is 18.8 Å². The molecule has 120 valence electrons. The average Bonchev–Trinajstić information content (AvgIpc) is 3.03. The number of nitrogens with zero attached hydrogens (tertiary/aromatic N) is 1. The van der Waals surface area contributed by atoms with Gasteiger partial charge in [-0.15, -0.1) is 6.58 Å². The zero-order valence-electron chi connectivity index (χ0n) is 13.1. The SMILES string of the molecule is C=CCO[C@@H](C)C(=O)NCc1ccnc(OC2CCCC2)c1. The fourth-order valence-electron chi connectivity index (χ4n) is 2.42. The lowest BCUT2D eigenvalue weighted by atomic mass is 10.2. The lowest BCUT2D eigenvalue weighted by molar-refractivity contribution is -0.131. The summed E-state index contributed by atoms with van der Waals surface area (Å²) in [5, 5.41) is 2.85. The fraction of sp³-hybridized carbons (Fsp3) is 0.529. The molecule has 1 fully saturated rings. The second-order valence-electron chi connectivity index (χ2n) is 5.51. The number of rotatable bonds is 8. The van der Waals surface area contributed by atoms with Crippen LogP contribution >= 0.6 is 0 Å². The quantitative estimate of drug-likeness (QED) is 0.750. The molecule has 0 aliphatic heterocycles. The maximum absolute atomic E-state index is 11.9. The number of carbonyl (C=O) groups excluding carboxylic acids is 1. The van der Waals surface area contributed by atoms with Gasteiger partial charge in [0.15, 0.2) is 0 Å². The van der Waals surface area contributed by atoms with Gasteiger partial charge in [0.1, 0.15) is 12.2 Å². The van der Waals surface area contributed by atoms with Gasteiger partial charge < -0.3 is 14.8 Å². The highest BCUT2D eigenvalue weighted by Gasteiger charge is 2.17. The van der Waals surface area contributed by atoms with Crippen LogP contribution in [0, 0.1) is 0 Å². The van der Waals surface area contributed by atoms with Crippen molar-refractivity contribution in [2.24, 2.45) is 0 Å². The molecule has 1 heterocycles. The summed E-state index contributed by atoms with van der Waals surface area (Å²) in [5.41, 5.74) is 0.965. The molecular formula is C17H24N2O3. The number of aromatic nitrogens is 1. The lowest BCUT2D eigenvalue weighted by Gasteiger charge is -2.14. The van der Waals surface area contributed by atoms with Crippen LogP contribution in [-0.4, -0.2) is 29.7 Å². The zero-order chi connectivity index (χ0) is 15.8. The van der Waals surface area contributed by atoms with Crippen molar-refractivity contribution in [1.29, 1.82) is 0 Å². The van der Waals surface area contributed by atoms with E-state index in [1.54, 1.807) is 19.2 Å². The summed E-state index contributed by atoms with van der Waals surface area (Å²) in [5.74, 6) is 0.492. The van der Waals surface area contributed by atoms with Crippen LogP contribution in [0.25, 0.3) is 0 Å². The highest BCUT2D eigenvalue weighted by Crippen LogP contribution is 2.23. The average molecular weight is 304 g/mol. The monoisotopic (exact) mass is 304 g/mol. The summed E-state index contributed by atoms with van der Waals surface area (Å²) in [6.07, 6.45) is 7.77. The molecule has 1 aliphatic rings. The van der Waals surface area contributed by atoms with E-state index in [0.717, 1.165) is 18.4 Å². The van der Waals surface area contributed by atoms with E-state index in [2.05, 4.69) is 16.9 Å². The Morgan fingerprint density at radius 3 is 3.05 bits per heavy atom. The van der Waals surface area contributed by atoms with Crippen molar-refractivity contribution in [2.75, 3.05) is 6.61 Å². The Morgan fingerprint density at radius 2 is 2.32 bits per heavy atom. The molecule has 2 rings (SSSR count). The van der Waals surface area contributed by atoms with E-state index in [4.69, 9.17) is 9.47 Å². The van der Waals surface area contributed by atoms with Gasteiger partial charge in [-0.1, -0.05) is 6.08 Å². The van der Waals surface area contributed by atoms with E-state index in [9.17, 15) is 4.79 Å². The summed E-state index contributed by atoms with van der Waals surface area (Å²) in [7, 11) is 0. The van der Waals surface area contributed by atoms with Crippen molar-refractivity contribution in [3.05, 3.63) is 36.5 Å².